The first-order valence-electron chi connectivity index (χ1n) is 5.53. The molecule has 0 amide bonds. The summed E-state index contributed by atoms with van der Waals surface area (Å²) in [5, 5.41) is 3.14. The third-order valence-corrected chi connectivity index (χ3v) is 4.84. The minimum absolute atomic E-state index is 0.541. The molecule has 0 aliphatic heterocycles. The van der Waals surface area contributed by atoms with Crippen molar-refractivity contribution in [2.24, 2.45) is 0 Å². The molecule has 0 saturated carbocycles. The quantitative estimate of drug-likeness (QED) is 0.676. The predicted molar refractivity (Wildman–Crippen MR) is 74.8 cm³/mol. The van der Waals surface area contributed by atoms with Crippen molar-refractivity contribution in [3.05, 3.63) is 34.8 Å². The molecule has 0 radical (unpaired) electrons. The lowest BCUT2D eigenvalue weighted by atomic mass is 10.2. The Morgan fingerprint density at radius 1 is 1.18 bits per heavy atom. The Hall–Kier alpha value is -1.26. The zero-order valence-electron chi connectivity index (χ0n) is 9.68. The molecule has 86 valence electrons. The van der Waals surface area contributed by atoms with Crippen molar-refractivity contribution < 1.29 is 0 Å². The number of hydrogen-bond acceptors (Lipinski definition) is 4. The zero-order chi connectivity index (χ0) is 11.8. The lowest BCUT2D eigenvalue weighted by molar-refractivity contribution is 0.885. The summed E-state index contributed by atoms with van der Waals surface area (Å²) in [6, 6.07) is 4.22. The number of nitrogens with zero attached hydrogens (tertiary/aromatic N) is 2. The molecule has 3 aromatic rings. The van der Waals surface area contributed by atoms with Gasteiger partial charge in [-0.05, 0) is 23.4 Å². The minimum Gasteiger partial charge on any atom is -0.255 e. The summed E-state index contributed by atoms with van der Waals surface area (Å²) in [6.07, 6.45) is 3.89. The molecule has 0 aromatic carbocycles. The lowest BCUT2D eigenvalue weighted by Crippen LogP contribution is -1.78. The maximum atomic E-state index is 4.48. The number of rotatable bonds is 2. The van der Waals surface area contributed by atoms with Crippen LogP contribution >= 0.6 is 22.7 Å². The van der Waals surface area contributed by atoms with Crippen molar-refractivity contribution in [1.82, 2.24) is 9.97 Å². The number of pyridine rings is 1. The third kappa shape index (κ3) is 1.98. The van der Waals surface area contributed by atoms with Gasteiger partial charge in [0, 0.05) is 22.8 Å². The van der Waals surface area contributed by atoms with E-state index in [0.29, 0.717) is 5.92 Å². The Morgan fingerprint density at radius 3 is 2.82 bits per heavy atom. The van der Waals surface area contributed by atoms with E-state index in [1.807, 2.05) is 18.5 Å². The topological polar surface area (TPSA) is 25.8 Å². The molecule has 0 bridgehead atoms. The molecule has 0 aliphatic rings. The molecule has 0 saturated heterocycles. The highest BCUT2D eigenvalue weighted by Gasteiger charge is 2.08. The second-order valence-corrected chi connectivity index (χ2v) is 6.26. The normalized spacial score (nSPS) is 11.5. The number of thiazole rings is 1. The van der Waals surface area contributed by atoms with Crippen LogP contribution < -0.4 is 0 Å². The van der Waals surface area contributed by atoms with Crippen LogP contribution in [-0.4, -0.2) is 9.97 Å². The van der Waals surface area contributed by atoms with Crippen molar-refractivity contribution in [1.29, 1.82) is 0 Å². The smallest absolute Gasteiger partial charge is 0.125 e. The molecular weight excluding hydrogens is 248 g/mol. The molecule has 4 heteroatoms. The summed E-state index contributed by atoms with van der Waals surface area (Å²) in [5.74, 6) is 0.541. The summed E-state index contributed by atoms with van der Waals surface area (Å²) >= 11 is 3.48. The van der Waals surface area contributed by atoms with Crippen LogP contribution in [0, 0.1) is 0 Å². The van der Waals surface area contributed by atoms with E-state index in [1.165, 1.54) is 9.58 Å². The highest BCUT2D eigenvalue weighted by atomic mass is 32.1. The van der Waals surface area contributed by atoms with Crippen molar-refractivity contribution in [2.45, 2.75) is 19.8 Å². The van der Waals surface area contributed by atoms with Gasteiger partial charge in [0.05, 0.1) is 10.2 Å². The Balaban J connectivity index is 2.06. The Labute approximate surface area is 108 Å². The van der Waals surface area contributed by atoms with E-state index >= 15 is 0 Å². The Morgan fingerprint density at radius 2 is 2.06 bits per heavy atom. The van der Waals surface area contributed by atoms with Gasteiger partial charge in [0.1, 0.15) is 5.01 Å². The van der Waals surface area contributed by atoms with Gasteiger partial charge >= 0.3 is 0 Å². The van der Waals surface area contributed by atoms with E-state index in [-0.39, 0.29) is 0 Å². The summed E-state index contributed by atoms with van der Waals surface area (Å²) in [4.78, 5) is 10.3. The average Bonchev–Trinajstić information content (AvgIpc) is 2.97. The molecule has 0 aliphatic carbocycles. The van der Waals surface area contributed by atoms with E-state index in [9.17, 15) is 0 Å². The largest absolute Gasteiger partial charge is 0.255 e. The van der Waals surface area contributed by atoms with Crippen molar-refractivity contribution in [3.8, 4) is 10.6 Å². The van der Waals surface area contributed by atoms with E-state index in [4.69, 9.17) is 0 Å². The molecule has 0 unspecified atom stereocenters. The van der Waals surface area contributed by atoms with Crippen molar-refractivity contribution in [2.75, 3.05) is 0 Å². The van der Waals surface area contributed by atoms with Crippen LogP contribution in [-0.2, 0) is 0 Å². The van der Waals surface area contributed by atoms with Gasteiger partial charge in [0.15, 0.2) is 0 Å². The van der Waals surface area contributed by atoms with E-state index in [1.54, 1.807) is 22.7 Å². The van der Waals surface area contributed by atoms with Crippen molar-refractivity contribution >= 4 is 32.9 Å². The maximum absolute atomic E-state index is 4.48. The SMILES string of the molecule is CC(C)c1cnc(-c2cnc3ccsc3c2)s1. The molecule has 3 rings (SSSR count). The van der Waals surface area contributed by atoms with Gasteiger partial charge in [-0.2, -0.15) is 0 Å². The molecule has 17 heavy (non-hydrogen) atoms. The van der Waals surface area contributed by atoms with Gasteiger partial charge in [0.2, 0.25) is 0 Å². The first kappa shape index (κ1) is 10.9. The fourth-order valence-corrected chi connectivity index (χ4v) is 3.33. The van der Waals surface area contributed by atoms with Crippen LogP contribution in [0.3, 0.4) is 0 Å². The fraction of sp³-hybridized carbons (Fsp3) is 0.231. The second kappa shape index (κ2) is 4.20. The number of thiophene rings is 1. The predicted octanol–water partition coefficient (Wildman–Crippen LogP) is 4.54. The number of aromatic nitrogens is 2. The first-order valence-corrected chi connectivity index (χ1v) is 7.23. The first-order chi connectivity index (χ1) is 8.24. The fourth-order valence-electron chi connectivity index (χ4n) is 1.65. The molecule has 2 nitrogen and oxygen atoms in total. The highest BCUT2D eigenvalue weighted by molar-refractivity contribution is 7.17. The van der Waals surface area contributed by atoms with Gasteiger partial charge in [-0.3, -0.25) is 4.98 Å². The molecule has 3 aromatic heterocycles. The van der Waals surface area contributed by atoms with E-state index < -0.39 is 0 Å². The lowest BCUT2D eigenvalue weighted by Gasteiger charge is -1.97. The number of hydrogen-bond donors (Lipinski definition) is 0. The van der Waals surface area contributed by atoms with Crippen LogP contribution in [0.4, 0.5) is 0 Å². The highest BCUT2D eigenvalue weighted by Crippen LogP contribution is 2.31. The van der Waals surface area contributed by atoms with Gasteiger partial charge < -0.3 is 0 Å². The van der Waals surface area contributed by atoms with Crippen LogP contribution in [0.5, 0.6) is 0 Å². The molecule has 0 spiro atoms. The van der Waals surface area contributed by atoms with Gasteiger partial charge in [-0.15, -0.1) is 22.7 Å². The summed E-state index contributed by atoms with van der Waals surface area (Å²) in [5.41, 5.74) is 2.19. The van der Waals surface area contributed by atoms with Crippen LogP contribution in [0.15, 0.2) is 29.9 Å². The monoisotopic (exact) mass is 260 g/mol. The molecule has 0 atom stereocenters. The molecule has 0 fully saturated rings. The third-order valence-electron chi connectivity index (χ3n) is 2.64. The standard InChI is InChI=1S/C13H12N2S2/c1-8(2)12-7-15-13(17-12)9-5-11-10(14-6-9)3-4-16-11/h3-8H,1-2H3. The van der Waals surface area contributed by atoms with Crippen LogP contribution in [0.2, 0.25) is 0 Å². The molecule has 3 heterocycles. The Bertz CT molecular complexity index is 652. The second-order valence-electron chi connectivity index (χ2n) is 4.25. The summed E-state index contributed by atoms with van der Waals surface area (Å²) in [7, 11) is 0. The van der Waals surface area contributed by atoms with E-state index in [2.05, 4.69) is 35.3 Å². The van der Waals surface area contributed by atoms with Crippen LogP contribution in [0.1, 0.15) is 24.6 Å². The summed E-state index contributed by atoms with van der Waals surface area (Å²) < 4.78 is 1.23. The maximum Gasteiger partial charge on any atom is 0.125 e. The zero-order valence-corrected chi connectivity index (χ0v) is 11.3. The van der Waals surface area contributed by atoms with Gasteiger partial charge in [-0.1, -0.05) is 13.8 Å². The summed E-state index contributed by atoms with van der Waals surface area (Å²) in [6.45, 7) is 4.38. The average molecular weight is 260 g/mol. The van der Waals surface area contributed by atoms with Gasteiger partial charge in [-0.25, -0.2) is 4.98 Å². The molecular formula is C13H12N2S2. The van der Waals surface area contributed by atoms with Crippen molar-refractivity contribution in [3.63, 3.8) is 0 Å². The van der Waals surface area contributed by atoms with Gasteiger partial charge in [0.25, 0.3) is 0 Å². The van der Waals surface area contributed by atoms with E-state index in [0.717, 1.165) is 16.1 Å². The number of fused-ring (bicyclic) bond motifs is 1. The Kier molecular flexibility index (Phi) is 2.68. The van der Waals surface area contributed by atoms with Crippen LogP contribution in [0.25, 0.3) is 20.8 Å². The minimum atomic E-state index is 0.541. The molecule has 0 N–H and O–H groups in total.